The zero-order valence-electron chi connectivity index (χ0n) is 16.0. The summed E-state index contributed by atoms with van der Waals surface area (Å²) in [6.07, 6.45) is 1.48. The fraction of sp³-hybridized carbons (Fsp3) is 0.895. The van der Waals surface area contributed by atoms with Gasteiger partial charge in [0.1, 0.15) is 0 Å². The van der Waals surface area contributed by atoms with Gasteiger partial charge < -0.3 is 24.1 Å². The Morgan fingerprint density at radius 3 is 2.63 bits per heavy atom. The number of carbonyl (C=O) groups is 2. The van der Waals surface area contributed by atoms with Crippen LogP contribution in [0, 0.1) is 23.7 Å². The van der Waals surface area contributed by atoms with Crippen molar-refractivity contribution >= 4 is 11.9 Å². The number of ether oxygens (including phenoxy) is 3. The zero-order chi connectivity index (χ0) is 19.4. The molecule has 0 aromatic heterocycles. The lowest BCUT2D eigenvalue weighted by molar-refractivity contribution is -0.576. The number of hydrogen-bond donors (Lipinski definition) is 0. The molecule has 0 radical (unpaired) electrons. The summed E-state index contributed by atoms with van der Waals surface area (Å²) in [6, 6.07) is 0. The number of aliphatic carboxylic acids is 1. The predicted octanol–water partition coefficient (Wildman–Crippen LogP) is 1.27. The number of hydrogen-bond acceptors (Lipinski definition) is 8. The van der Waals surface area contributed by atoms with Crippen LogP contribution in [-0.2, 0) is 33.6 Å². The maximum atomic E-state index is 12.0. The lowest BCUT2D eigenvalue weighted by atomic mass is 9.58. The fourth-order valence-electron chi connectivity index (χ4n) is 5.40. The van der Waals surface area contributed by atoms with Gasteiger partial charge in [-0.3, -0.25) is 4.79 Å². The minimum Gasteiger partial charge on any atom is -0.550 e. The third-order valence-corrected chi connectivity index (χ3v) is 6.88. The Kier molecular flexibility index (Phi) is 4.73. The van der Waals surface area contributed by atoms with Crippen LogP contribution in [0.2, 0.25) is 0 Å². The van der Waals surface area contributed by atoms with Crippen LogP contribution in [-0.4, -0.2) is 35.9 Å². The molecule has 1 aliphatic carbocycles. The molecular weight excluding hydrogens is 356 g/mol. The summed E-state index contributed by atoms with van der Waals surface area (Å²) in [5.41, 5.74) is -0.707. The molecule has 0 aromatic carbocycles. The van der Waals surface area contributed by atoms with E-state index in [1.807, 2.05) is 13.8 Å². The van der Waals surface area contributed by atoms with Crippen molar-refractivity contribution in [2.75, 3.05) is 0 Å². The average Bonchev–Trinajstić information content (AvgIpc) is 2.84. The maximum absolute atomic E-state index is 12.0. The predicted molar refractivity (Wildman–Crippen MR) is 87.2 cm³/mol. The van der Waals surface area contributed by atoms with Crippen LogP contribution in [0.3, 0.4) is 0 Å². The number of esters is 1. The second-order valence-electron chi connectivity index (χ2n) is 8.64. The molecule has 1 saturated carbocycles. The van der Waals surface area contributed by atoms with Crippen molar-refractivity contribution in [2.24, 2.45) is 23.7 Å². The van der Waals surface area contributed by atoms with Crippen molar-refractivity contribution in [3.8, 4) is 0 Å². The van der Waals surface area contributed by atoms with Crippen LogP contribution in [0.5, 0.6) is 0 Å². The molecule has 5 rings (SSSR count). The summed E-state index contributed by atoms with van der Waals surface area (Å²) in [7, 11) is 0. The van der Waals surface area contributed by atoms with Crippen LogP contribution < -0.4 is 5.11 Å². The maximum Gasteiger partial charge on any atom is 0.308 e. The summed E-state index contributed by atoms with van der Waals surface area (Å²) in [4.78, 5) is 34.4. The van der Waals surface area contributed by atoms with Gasteiger partial charge in [-0.1, -0.05) is 13.8 Å². The average molecular weight is 383 g/mol. The molecule has 5 aliphatic rings. The van der Waals surface area contributed by atoms with Gasteiger partial charge >= 0.3 is 5.97 Å². The lowest BCUT2D eigenvalue weighted by Gasteiger charge is -2.59. The van der Waals surface area contributed by atoms with Crippen LogP contribution in [0.25, 0.3) is 0 Å². The van der Waals surface area contributed by atoms with E-state index in [9.17, 15) is 14.7 Å². The van der Waals surface area contributed by atoms with E-state index in [-0.39, 0.29) is 30.6 Å². The first kappa shape index (κ1) is 19.1. The molecule has 8 atom stereocenters. The molecule has 1 spiro atoms. The van der Waals surface area contributed by atoms with E-state index in [1.54, 1.807) is 0 Å². The molecule has 4 aliphatic heterocycles. The molecule has 0 amide bonds. The molecule has 0 aromatic rings. The van der Waals surface area contributed by atoms with E-state index in [4.69, 9.17) is 24.0 Å². The van der Waals surface area contributed by atoms with E-state index < -0.39 is 35.9 Å². The van der Waals surface area contributed by atoms with Crippen molar-refractivity contribution in [3.05, 3.63) is 0 Å². The summed E-state index contributed by atoms with van der Waals surface area (Å²) >= 11 is 0. The Balaban J connectivity index is 1.58. The number of rotatable bonds is 4. The van der Waals surface area contributed by atoms with Crippen LogP contribution in [0.1, 0.15) is 59.3 Å². The number of carboxylic acids is 1. The first-order chi connectivity index (χ1) is 12.7. The van der Waals surface area contributed by atoms with Gasteiger partial charge in [0.05, 0.1) is 6.42 Å². The summed E-state index contributed by atoms with van der Waals surface area (Å²) in [6.45, 7) is 6.04. The van der Waals surface area contributed by atoms with Crippen LogP contribution in [0.15, 0.2) is 0 Å². The van der Waals surface area contributed by atoms with Crippen molar-refractivity contribution in [1.29, 1.82) is 0 Å². The molecule has 152 valence electrons. The monoisotopic (exact) mass is 383 g/mol. The summed E-state index contributed by atoms with van der Waals surface area (Å²) in [5, 5.41) is 10.6. The van der Waals surface area contributed by atoms with Gasteiger partial charge in [0.25, 0.3) is 0 Å². The lowest BCUT2D eigenvalue weighted by Crippen LogP contribution is -2.70. The van der Waals surface area contributed by atoms with Gasteiger partial charge in [0.15, 0.2) is 11.9 Å². The normalized spacial score (nSPS) is 48.4. The number of fused-ring (bicyclic) bond motifs is 2. The van der Waals surface area contributed by atoms with E-state index in [2.05, 4.69) is 6.92 Å². The second kappa shape index (κ2) is 6.69. The van der Waals surface area contributed by atoms with Gasteiger partial charge in [0.2, 0.25) is 12.1 Å². The highest BCUT2D eigenvalue weighted by Crippen LogP contribution is 2.60. The highest BCUT2D eigenvalue weighted by Gasteiger charge is 2.69. The van der Waals surface area contributed by atoms with E-state index >= 15 is 0 Å². The van der Waals surface area contributed by atoms with E-state index in [0.717, 1.165) is 19.3 Å². The van der Waals surface area contributed by atoms with Gasteiger partial charge in [-0.15, -0.1) is 0 Å². The van der Waals surface area contributed by atoms with Gasteiger partial charge in [-0.05, 0) is 44.4 Å². The summed E-state index contributed by atoms with van der Waals surface area (Å²) < 4.78 is 17.7. The molecule has 27 heavy (non-hydrogen) atoms. The van der Waals surface area contributed by atoms with Gasteiger partial charge in [0, 0.05) is 24.2 Å². The molecule has 0 N–H and O–H groups in total. The Labute approximate surface area is 158 Å². The van der Waals surface area contributed by atoms with Crippen molar-refractivity contribution in [1.82, 2.24) is 0 Å². The molecule has 0 unspecified atom stereocenters. The Morgan fingerprint density at radius 2 is 1.89 bits per heavy atom. The zero-order valence-corrected chi connectivity index (χ0v) is 16.0. The smallest absolute Gasteiger partial charge is 0.308 e. The molecule has 8 nitrogen and oxygen atoms in total. The molecule has 2 bridgehead atoms. The van der Waals surface area contributed by atoms with E-state index in [1.165, 1.54) is 0 Å². The third-order valence-electron chi connectivity index (χ3n) is 6.88. The third kappa shape index (κ3) is 3.06. The summed E-state index contributed by atoms with van der Waals surface area (Å²) in [5.74, 6) is -2.17. The number of carboxylic acid groups (broad SMARTS) is 1. The Morgan fingerprint density at radius 1 is 1.11 bits per heavy atom. The second-order valence-corrected chi connectivity index (χ2v) is 8.64. The molecular formula is C19H27O8-. The molecule has 8 heteroatoms. The number of carbonyl (C=O) groups excluding carboxylic acids is 2. The first-order valence-corrected chi connectivity index (χ1v) is 9.84. The fourth-order valence-corrected chi connectivity index (χ4v) is 5.40. The first-order valence-electron chi connectivity index (χ1n) is 9.84. The Hall–Kier alpha value is -1.22. The standard InChI is InChI=1S/C19H28O8/c1-10-4-5-13-11(2)16(23-15(22)7-6-14(20)21)24-17-19(13)12(10)8-9-18(3,25-17)26-27-19/h10-13,16-17H,4-9H2,1-3H3,(H,20,21)/p-1/t10-,11-,12+,13+,16+,17-,18+,19-/m1/s1. The quantitative estimate of drug-likeness (QED) is 0.528. The minimum atomic E-state index is -1.28. The van der Waals surface area contributed by atoms with Crippen molar-refractivity contribution < 1.29 is 38.7 Å². The molecule has 5 fully saturated rings. The SMILES string of the molecule is C[C@H]1[C@@H](OC(=O)CCC(=O)[O-])O[C@@H]2O[C@]3(C)CC[C@H]4[C@H](C)CC[C@@H]1[C@@]24OO3. The molecule has 4 saturated heterocycles. The van der Waals surface area contributed by atoms with E-state index in [0.29, 0.717) is 12.3 Å². The van der Waals surface area contributed by atoms with Crippen LogP contribution in [0.4, 0.5) is 0 Å². The van der Waals surface area contributed by atoms with Crippen molar-refractivity contribution in [3.63, 3.8) is 0 Å². The highest BCUT2D eigenvalue weighted by molar-refractivity contribution is 5.75. The highest BCUT2D eigenvalue weighted by atomic mass is 17.3. The topological polar surface area (TPSA) is 103 Å². The Bertz CT molecular complexity index is 623. The largest absolute Gasteiger partial charge is 0.550 e. The minimum absolute atomic E-state index is 0.0547. The van der Waals surface area contributed by atoms with Gasteiger partial charge in [-0.2, -0.15) is 0 Å². The van der Waals surface area contributed by atoms with Gasteiger partial charge in [-0.25, -0.2) is 9.78 Å². The molecule has 4 heterocycles. The van der Waals surface area contributed by atoms with Crippen molar-refractivity contribution in [2.45, 2.75) is 83.3 Å². The van der Waals surface area contributed by atoms with Crippen LogP contribution >= 0.6 is 0 Å².